The van der Waals surface area contributed by atoms with Gasteiger partial charge in [-0.05, 0) is 68.6 Å². The number of phenols is 1. The van der Waals surface area contributed by atoms with Crippen molar-refractivity contribution in [1.29, 1.82) is 0 Å². The van der Waals surface area contributed by atoms with Gasteiger partial charge in [0, 0.05) is 33.0 Å². The van der Waals surface area contributed by atoms with Crippen molar-refractivity contribution in [2.75, 3.05) is 19.6 Å². The number of hydrogen-bond acceptors (Lipinski definition) is 9. The van der Waals surface area contributed by atoms with Gasteiger partial charge in [0.05, 0.1) is 0 Å². The Morgan fingerprint density at radius 3 is 1.88 bits per heavy atom. The van der Waals surface area contributed by atoms with Crippen LogP contribution in [0.2, 0.25) is 0 Å². The van der Waals surface area contributed by atoms with Gasteiger partial charge in [0.1, 0.15) is 42.0 Å². The second-order valence-corrected chi connectivity index (χ2v) is 15.3. The fraction of sp³-hybridized carbons (Fsp3) is 0.659. The molecule has 11 N–H and O–H groups in total. The van der Waals surface area contributed by atoms with Crippen molar-refractivity contribution in [3.63, 3.8) is 0 Å². The number of aromatic hydroxyl groups is 1. The number of nitrogens with one attached hydrogen (secondary N) is 6. The van der Waals surface area contributed by atoms with Gasteiger partial charge >= 0.3 is 0 Å². The van der Waals surface area contributed by atoms with Crippen LogP contribution in [0.25, 0.3) is 0 Å². The number of likely N-dealkylation sites (tertiary alicyclic amines) is 1. The number of guanidine groups is 1. The number of amides is 7. The van der Waals surface area contributed by atoms with Gasteiger partial charge in [-0.2, -0.15) is 0 Å². The molecule has 1 fully saturated rings. The molecule has 0 aliphatic carbocycles. The lowest BCUT2D eigenvalue weighted by Gasteiger charge is -2.31. The molecule has 0 unspecified atom stereocenters. The Balaban J connectivity index is 2.38. The molecule has 0 saturated carbocycles. The molecule has 59 heavy (non-hydrogen) atoms. The zero-order valence-corrected chi connectivity index (χ0v) is 35.8. The second kappa shape index (κ2) is 25.2. The maximum absolute atomic E-state index is 14.1. The predicted octanol–water partition coefficient (Wildman–Crippen LogP) is 0.452. The van der Waals surface area contributed by atoms with E-state index in [4.69, 9.17) is 11.5 Å². The first kappa shape index (κ1) is 49.7. The highest BCUT2D eigenvalue weighted by molar-refractivity contribution is 5.97. The van der Waals surface area contributed by atoms with Crippen LogP contribution < -0.4 is 43.4 Å². The van der Waals surface area contributed by atoms with E-state index in [2.05, 4.69) is 36.9 Å². The molecule has 18 heteroatoms. The van der Waals surface area contributed by atoms with E-state index in [1.807, 2.05) is 20.8 Å². The molecule has 1 heterocycles. The van der Waals surface area contributed by atoms with Crippen molar-refractivity contribution in [1.82, 2.24) is 36.8 Å². The van der Waals surface area contributed by atoms with Crippen LogP contribution in [0.4, 0.5) is 0 Å². The quantitative estimate of drug-likeness (QED) is 0.0394. The zero-order chi connectivity index (χ0) is 44.2. The van der Waals surface area contributed by atoms with Gasteiger partial charge in [0.25, 0.3) is 0 Å². The van der Waals surface area contributed by atoms with Gasteiger partial charge in [-0.25, -0.2) is 0 Å². The molecule has 8 atom stereocenters. The molecule has 0 spiro atoms. The first-order valence-electron chi connectivity index (χ1n) is 20.9. The summed E-state index contributed by atoms with van der Waals surface area (Å²) in [5.41, 5.74) is 11.6. The molecule has 2 rings (SSSR count). The van der Waals surface area contributed by atoms with Crippen LogP contribution in [0.5, 0.6) is 5.75 Å². The largest absolute Gasteiger partial charge is 0.508 e. The highest BCUT2D eigenvalue weighted by atomic mass is 16.3. The predicted molar refractivity (Wildman–Crippen MR) is 224 cm³/mol. The summed E-state index contributed by atoms with van der Waals surface area (Å²) in [5.74, 6) is -4.39. The highest BCUT2D eigenvalue weighted by Crippen LogP contribution is 2.21. The van der Waals surface area contributed by atoms with Crippen LogP contribution in [0.3, 0.4) is 0 Å². The van der Waals surface area contributed by atoms with Crippen LogP contribution in [-0.4, -0.2) is 113 Å². The van der Waals surface area contributed by atoms with Crippen LogP contribution in [-0.2, 0) is 40.0 Å². The average molecular weight is 829 g/mol. The Hall–Kier alpha value is -5.42. The van der Waals surface area contributed by atoms with Gasteiger partial charge < -0.3 is 53.4 Å². The van der Waals surface area contributed by atoms with Crippen LogP contribution in [0.15, 0.2) is 29.3 Å². The monoisotopic (exact) mass is 829 g/mol. The second-order valence-electron chi connectivity index (χ2n) is 15.3. The fourth-order valence-corrected chi connectivity index (χ4v) is 6.86. The maximum Gasteiger partial charge on any atom is 0.245 e. The highest BCUT2D eigenvalue weighted by Gasteiger charge is 2.39. The molecule has 1 aromatic rings. The number of rotatable bonds is 24. The summed E-state index contributed by atoms with van der Waals surface area (Å²) in [7, 11) is 0. The minimum atomic E-state index is -1.19. The molecule has 18 nitrogen and oxygen atoms in total. The Kier molecular flexibility index (Phi) is 21.2. The standard InChI is InChI=1S/C41H68N10O8/c1-8-14-29(47-36(55)31(23-27-17-19-28(53)20-18-27)49-38(57)33(24(5)9-2)46-26(7)52)35(54)50-34(25(6)10-3)39(58)48-30(15-12-21-45-41(42)43)40(59)51-22-13-16-32(51)37(56)44-11-4/h17-20,24-25,29-34,53H,8-16,21-23H2,1-7H3,(H,44,56)(H,46,52)(H,47,55)(H,48,58)(H,49,57)(H,50,54)(H4,42,43,45)/t24-,25+,29+,30+,31+,32+,33-,34+/m1/s1. The number of phenolic OH excluding ortho intramolecular Hbond substituents is 1. The van der Waals surface area contributed by atoms with E-state index >= 15 is 0 Å². The van der Waals surface area contributed by atoms with Gasteiger partial charge in [0.2, 0.25) is 41.4 Å². The van der Waals surface area contributed by atoms with Crippen molar-refractivity contribution < 1.29 is 38.7 Å². The van der Waals surface area contributed by atoms with E-state index in [0.29, 0.717) is 57.2 Å². The fourth-order valence-electron chi connectivity index (χ4n) is 6.86. The molecule has 1 aromatic carbocycles. The Morgan fingerprint density at radius 1 is 0.780 bits per heavy atom. The first-order valence-corrected chi connectivity index (χ1v) is 20.9. The summed E-state index contributed by atoms with van der Waals surface area (Å²) in [5, 5.41) is 26.5. The lowest BCUT2D eigenvalue weighted by molar-refractivity contribution is -0.142. The third-order valence-electron chi connectivity index (χ3n) is 10.6. The van der Waals surface area contributed by atoms with Gasteiger partial charge in [-0.15, -0.1) is 0 Å². The molecule has 330 valence electrons. The number of carbonyl (C=O) groups is 7. The van der Waals surface area contributed by atoms with E-state index < -0.39 is 77.6 Å². The van der Waals surface area contributed by atoms with E-state index in [1.165, 1.54) is 24.0 Å². The number of likely N-dealkylation sites (N-methyl/N-ethyl adjacent to an activating group) is 1. The number of carbonyl (C=O) groups excluding carboxylic acids is 7. The topological polar surface area (TPSA) is 280 Å². The molecular formula is C41H68N10O8. The summed E-state index contributed by atoms with van der Waals surface area (Å²) in [6.45, 7) is 13.2. The van der Waals surface area contributed by atoms with Gasteiger partial charge in [-0.1, -0.05) is 66.0 Å². The van der Waals surface area contributed by atoms with Crippen molar-refractivity contribution in [3.05, 3.63) is 29.8 Å². The Morgan fingerprint density at radius 2 is 1.34 bits per heavy atom. The van der Waals surface area contributed by atoms with Gasteiger partial charge in [-0.3, -0.25) is 38.6 Å². The smallest absolute Gasteiger partial charge is 0.245 e. The summed E-state index contributed by atoms with van der Waals surface area (Å²) in [4.78, 5) is 100. The molecule has 1 aliphatic rings. The SMILES string of the molecule is CCC[C@H](NC(=O)[C@H](Cc1ccc(O)cc1)NC(=O)[C@H](NC(C)=O)[C@H](C)CC)C(=O)N[C@H](C(=O)N[C@@H](CCCN=C(N)N)C(=O)N1CCC[C@H]1C(=O)NCC)[C@@H](C)CC. The van der Waals surface area contributed by atoms with Crippen LogP contribution in [0, 0.1) is 11.8 Å². The number of nitrogens with two attached hydrogens (primary N) is 2. The molecule has 1 saturated heterocycles. The van der Waals surface area contributed by atoms with Crippen molar-refractivity contribution in [3.8, 4) is 5.75 Å². The van der Waals surface area contributed by atoms with Crippen LogP contribution in [0.1, 0.15) is 105 Å². The van der Waals surface area contributed by atoms with E-state index in [9.17, 15) is 38.7 Å². The number of benzene rings is 1. The first-order chi connectivity index (χ1) is 28.0. The molecular weight excluding hydrogens is 761 g/mol. The number of hydrogen-bond donors (Lipinski definition) is 9. The third-order valence-corrected chi connectivity index (χ3v) is 10.6. The normalized spacial score (nSPS) is 17.1. The average Bonchev–Trinajstić information content (AvgIpc) is 3.69. The van der Waals surface area contributed by atoms with E-state index in [-0.39, 0.29) is 49.3 Å². The molecule has 0 radical (unpaired) electrons. The van der Waals surface area contributed by atoms with Gasteiger partial charge in [0.15, 0.2) is 5.96 Å². The molecule has 0 aromatic heterocycles. The summed E-state index contributed by atoms with van der Waals surface area (Å²) in [6.07, 6.45) is 3.30. The molecule has 0 bridgehead atoms. The minimum Gasteiger partial charge on any atom is -0.508 e. The van der Waals surface area contributed by atoms with E-state index in [1.54, 1.807) is 32.9 Å². The summed E-state index contributed by atoms with van der Waals surface area (Å²) in [6, 6.07) is 0.0336. The summed E-state index contributed by atoms with van der Waals surface area (Å²) >= 11 is 0. The number of nitrogens with zero attached hydrogens (tertiary/aromatic N) is 2. The van der Waals surface area contributed by atoms with E-state index in [0.717, 1.165) is 0 Å². The lowest BCUT2D eigenvalue weighted by atomic mass is 9.96. The minimum absolute atomic E-state index is 0.0000940. The summed E-state index contributed by atoms with van der Waals surface area (Å²) < 4.78 is 0. The third kappa shape index (κ3) is 16.0. The van der Waals surface area contributed by atoms with Crippen molar-refractivity contribution >= 4 is 47.3 Å². The molecule has 1 aliphatic heterocycles. The van der Waals surface area contributed by atoms with Crippen molar-refractivity contribution in [2.24, 2.45) is 28.3 Å². The maximum atomic E-state index is 14.1. The Labute approximate surface area is 348 Å². The zero-order valence-electron chi connectivity index (χ0n) is 35.8. The van der Waals surface area contributed by atoms with Crippen molar-refractivity contribution in [2.45, 2.75) is 143 Å². The Bertz CT molecular complexity index is 1600. The lowest BCUT2D eigenvalue weighted by Crippen LogP contribution is -2.61. The molecule has 7 amide bonds. The van der Waals surface area contributed by atoms with Crippen LogP contribution >= 0.6 is 0 Å². The number of aliphatic imine (C=N–C) groups is 1.